The summed E-state index contributed by atoms with van der Waals surface area (Å²) in [5.74, 6) is -1.58. The molecule has 2 N–H and O–H groups in total. The molecule has 3 aromatic rings. The molecule has 0 atom stereocenters. The summed E-state index contributed by atoms with van der Waals surface area (Å²) in [5, 5.41) is 11.9. The number of hydrazine groups is 1. The summed E-state index contributed by atoms with van der Waals surface area (Å²) in [6, 6.07) is 13.1. The van der Waals surface area contributed by atoms with E-state index in [0.717, 1.165) is 30.2 Å². The Morgan fingerprint density at radius 3 is 2.70 bits per heavy atom. The molecule has 1 aliphatic heterocycles. The van der Waals surface area contributed by atoms with E-state index in [1.807, 2.05) is 24.3 Å². The highest BCUT2D eigenvalue weighted by atomic mass is 19.1. The fourth-order valence-electron chi connectivity index (χ4n) is 3.41. The van der Waals surface area contributed by atoms with Crippen LogP contribution in [0.2, 0.25) is 0 Å². The highest BCUT2D eigenvalue weighted by Gasteiger charge is 2.30. The number of aromatic nitrogens is 2. The van der Waals surface area contributed by atoms with Crippen LogP contribution in [-0.4, -0.2) is 27.3 Å². The van der Waals surface area contributed by atoms with Crippen molar-refractivity contribution in [3.63, 3.8) is 0 Å². The number of carbonyl (C=O) groups is 1. The van der Waals surface area contributed by atoms with Crippen LogP contribution in [0.1, 0.15) is 22.3 Å². The monoisotopic (exact) mass is 408 g/mol. The van der Waals surface area contributed by atoms with Gasteiger partial charge in [0.15, 0.2) is 0 Å². The third kappa shape index (κ3) is 3.62. The standard InChI is InChI=1S/C20H17FN6O3/c21-15-9-3-2-8-14(15)20(28)25-24-18-17(27(29)30)19(23-12-22-18)26-11-5-7-13-6-1-4-10-16(13)26/h1-4,6,8-10,12H,5,7,11H2,(H,25,28)(H,22,23,24). The van der Waals surface area contributed by atoms with Gasteiger partial charge in [0.05, 0.1) is 10.5 Å². The third-order valence-corrected chi connectivity index (χ3v) is 4.76. The molecule has 9 nitrogen and oxygen atoms in total. The van der Waals surface area contributed by atoms with Gasteiger partial charge in [0.2, 0.25) is 11.6 Å². The lowest BCUT2D eigenvalue weighted by Crippen LogP contribution is -2.31. The average molecular weight is 408 g/mol. The number of carbonyl (C=O) groups excluding carboxylic acids is 1. The molecule has 0 saturated carbocycles. The van der Waals surface area contributed by atoms with Crippen LogP contribution in [0.4, 0.5) is 27.4 Å². The Morgan fingerprint density at radius 2 is 1.90 bits per heavy atom. The van der Waals surface area contributed by atoms with Crippen LogP contribution in [0.5, 0.6) is 0 Å². The van der Waals surface area contributed by atoms with Gasteiger partial charge in [-0.15, -0.1) is 0 Å². The van der Waals surface area contributed by atoms with Gasteiger partial charge in [-0.2, -0.15) is 0 Å². The molecule has 0 radical (unpaired) electrons. The number of nitro groups is 1. The number of nitrogens with zero attached hydrogens (tertiary/aromatic N) is 4. The van der Waals surface area contributed by atoms with Gasteiger partial charge in [-0.3, -0.25) is 25.8 Å². The summed E-state index contributed by atoms with van der Waals surface area (Å²) in [4.78, 5) is 33.3. The van der Waals surface area contributed by atoms with E-state index in [1.54, 1.807) is 4.90 Å². The molecule has 0 unspecified atom stereocenters. The first-order chi connectivity index (χ1) is 14.6. The fourth-order valence-corrected chi connectivity index (χ4v) is 3.41. The molecule has 152 valence electrons. The Kier molecular flexibility index (Phi) is 5.21. The van der Waals surface area contributed by atoms with Crippen LogP contribution < -0.4 is 15.8 Å². The first kappa shape index (κ1) is 19.2. The summed E-state index contributed by atoms with van der Waals surface area (Å²) < 4.78 is 13.8. The molecule has 4 rings (SSSR count). The molecule has 1 aliphatic rings. The van der Waals surface area contributed by atoms with E-state index >= 15 is 0 Å². The lowest BCUT2D eigenvalue weighted by atomic mass is 10.0. The third-order valence-electron chi connectivity index (χ3n) is 4.76. The quantitative estimate of drug-likeness (QED) is 0.491. The SMILES string of the molecule is O=C(NNc1ncnc(N2CCCc3ccccc32)c1[N+](=O)[O-])c1ccccc1F. The van der Waals surface area contributed by atoms with Crippen molar-refractivity contribution in [3.05, 3.63) is 81.9 Å². The van der Waals surface area contributed by atoms with Crippen molar-refractivity contribution < 1.29 is 14.1 Å². The van der Waals surface area contributed by atoms with Crippen LogP contribution in [0.15, 0.2) is 54.9 Å². The van der Waals surface area contributed by atoms with E-state index in [-0.39, 0.29) is 22.9 Å². The van der Waals surface area contributed by atoms with Gasteiger partial charge < -0.3 is 4.90 Å². The van der Waals surface area contributed by atoms with Crippen LogP contribution in [0.3, 0.4) is 0 Å². The highest BCUT2D eigenvalue weighted by molar-refractivity contribution is 5.95. The van der Waals surface area contributed by atoms with Crippen molar-refractivity contribution in [2.75, 3.05) is 16.9 Å². The van der Waals surface area contributed by atoms with Crippen molar-refractivity contribution in [1.82, 2.24) is 15.4 Å². The van der Waals surface area contributed by atoms with Crippen LogP contribution >= 0.6 is 0 Å². The highest BCUT2D eigenvalue weighted by Crippen LogP contribution is 2.39. The summed E-state index contributed by atoms with van der Waals surface area (Å²) in [7, 11) is 0. The van der Waals surface area contributed by atoms with E-state index in [0.29, 0.717) is 6.54 Å². The zero-order valence-electron chi connectivity index (χ0n) is 15.7. The molecule has 30 heavy (non-hydrogen) atoms. The van der Waals surface area contributed by atoms with E-state index in [2.05, 4.69) is 20.8 Å². The number of hydrogen-bond acceptors (Lipinski definition) is 7. The number of anilines is 3. The van der Waals surface area contributed by atoms with Gasteiger partial charge in [-0.05, 0) is 36.6 Å². The predicted molar refractivity (Wildman–Crippen MR) is 108 cm³/mol. The number of fused-ring (bicyclic) bond motifs is 1. The second kappa shape index (κ2) is 8.11. The average Bonchev–Trinajstić information content (AvgIpc) is 2.77. The van der Waals surface area contributed by atoms with Crippen LogP contribution in [-0.2, 0) is 6.42 Å². The number of benzene rings is 2. The number of hydrogen-bond donors (Lipinski definition) is 2. The molecule has 0 bridgehead atoms. The molecule has 2 aromatic carbocycles. The molecule has 0 saturated heterocycles. The number of amides is 1. The van der Waals surface area contributed by atoms with Gasteiger partial charge in [0, 0.05) is 12.2 Å². The van der Waals surface area contributed by atoms with Crippen molar-refractivity contribution >= 4 is 28.9 Å². The van der Waals surface area contributed by atoms with Gasteiger partial charge in [-0.1, -0.05) is 30.3 Å². The van der Waals surface area contributed by atoms with Crippen LogP contribution in [0.25, 0.3) is 0 Å². The normalized spacial score (nSPS) is 12.8. The lowest BCUT2D eigenvalue weighted by molar-refractivity contribution is -0.383. The Bertz CT molecular complexity index is 1120. The maximum absolute atomic E-state index is 13.8. The van der Waals surface area contributed by atoms with Crippen molar-refractivity contribution in [3.8, 4) is 0 Å². The van der Waals surface area contributed by atoms with E-state index < -0.39 is 16.6 Å². The fraction of sp³-hybridized carbons (Fsp3) is 0.150. The number of para-hydroxylation sites is 1. The zero-order valence-corrected chi connectivity index (χ0v) is 15.7. The van der Waals surface area contributed by atoms with Crippen LogP contribution in [0, 0.1) is 15.9 Å². The molecular formula is C20H17FN6O3. The van der Waals surface area contributed by atoms with Gasteiger partial charge in [-0.25, -0.2) is 14.4 Å². The minimum atomic E-state index is -0.786. The maximum Gasteiger partial charge on any atom is 0.355 e. The van der Waals surface area contributed by atoms with Crippen molar-refractivity contribution in [2.45, 2.75) is 12.8 Å². The molecule has 0 fully saturated rings. The minimum absolute atomic E-state index is 0.116. The molecule has 2 heterocycles. The Morgan fingerprint density at radius 1 is 1.13 bits per heavy atom. The van der Waals surface area contributed by atoms with Gasteiger partial charge >= 0.3 is 5.69 Å². The van der Waals surface area contributed by atoms with Gasteiger partial charge in [0.1, 0.15) is 12.1 Å². The van der Waals surface area contributed by atoms with Crippen molar-refractivity contribution in [2.24, 2.45) is 0 Å². The topological polar surface area (TPSA) is 113 Å². The van der Waals surface area contributed by atoms with Gasteiger partial charge in [0.25, 0.3) is 5.91 Å². The zero-order chi connectivity index (χ0) is 21.1. The second-order valence-corrected chi connectivity index (χ2v) is 6.59. The van der Waals surface area contributed by atoms with E-state index in [1.165, 1.54) is 24.5 Å². The van der Waals surface area contributed by atoms with E-state index in [9.17, 15) is 19.3 Å². The maximum atomic E-state index is 13.8. The molecule has 0 spiro atoms. The Labute approximate surface area is 170 Å². The molecule has 1 aromatic heterocycles. The molecule has 1 amide bonds. The Hall–Kier alpha value is -4.08. The largest absolute Gasteiger partial charge is 0.355 e. The first-order valence-corrected chi connectivity index (χ1v) is 9.22. The second-order valence-electron chi connectivity index (χ2n) is 6.59. The molecular weight excluding hydrogens is 391 g/mol. The summed E-state index contributed by atoms with van der Waals surface area (Å²) in [6.45, 7) is 0.551. The van der Waals surface area contributed by atoms with E-state index in [4.69, 9.17) is 0 Å². The number of aryl methyl sites for hydroxylation is 1. The lowest BCUT2D eigenvalue weighted by Gasteiger charge is -2.30. The molecule has 10 heteroatoms. The predicted octanol–water partition coefficient (Wildman–Crippen LogP) is 3.37. The number of nitrogens with one attached hydrogen (secondary N) is 2. The number of halogens is 1. The summed E-state index contributed by atoms with van der Waals surface area (Å²) in [5.41, 5.74) is 6.02. The minimum Gasteiger partial charge on any atom is -0.320 e. The summed E-state index contributed by atoms with van der Waals surface area (Å²) >= 11 is 0. The first-order valence-electron chi connectivity index (χ1n) is 9.22. The Balaban J connectivity index is 1.66. The smallest absolute Gasteiger partial charge is 0.320 e. The number of rotatable bonds is 5. The summed E-state index contributed by atoms with van der Waals surface area (Å²) in [6.07, 6.45) is 2.86. The molecule has 0 aliphatic carbocycles. The van der Waals surface area contributed by atoms with Crippen molar-refractivity contribution in [1.29, 1.82) is 0 Å².